The fraction of sp³-hybridized carbons (Fsp3) is 0.182. The lowest BCUT2D eigenvalue weighted by molar-refractivity contribution is 0.282. The van der Waals surface area contributed by atoms with Gasteiger partial charge in [-0.3, -0.25) is 9.40 Å². The van der Waals surface area contributed by atoms with Crippen LogP contribution in [0.2, 0.25) is 0 Å². The van der Waals surface area contributed by atoms with Crippen LogP contribution in [0, 0.1) is 0 Å². The van der Waals surface area contributed by atoms with Crippen molar-refractivity contribution in [3.05, 3.63) is 42.1 Å². The minimum absolute atomic E-state index is 0.0746. The molecule has 0 saturated carbocycles. The number of anilines is 1. The number of nitrogens with one attached hydrogen (secondary N) is 1. The Morgan fingerprint density at radius 3 is 2.44 bits per heavy atom. The molecular weight excluding hydrogens is 254 g/mol. The minimum Gasteiger partial charge on any atom is -0.392 e. The van der Waals surface area contributed by atoms with E-state index >= 15 is 0 Å². The highest BCUT2D eigenvalue weighted by molar-refractivity contribution is 7.92. The van der Waals surface area contributed by atoms with Gasteiger partial charge in [0.05, 0.1) is 12.8 Å². The molecule has 0 radical (unpaired) electrons. The molecular formula is C11H13N3O3S. The lowest BCUT2D eigenvalue weighted by atomic mass is 10.2. The van der Waals surface area contributed by atoms with Gasteiger partial charge in [-0.2, -0.15) is 13.5 Å². The van der Waals surface area contributed by atoms with Crippen LogP contribution in [0.5, 0.6) is 0 Å². The van der Waals surface area contributed by atoms with Crippen LogP contribution < -0.4 is 4.72 Å². The van der Waals surface area contributed by atoms with E-state index in [1.165, 1.54) is 16.9 Å². The van der Waals surface area contributed by atoms with E-state index in [-0.39, 0.29) is 11.6 Å². The molecule has 0 unspecified atom stereocenters. The van der Waals surface area contributed by atoms with Crippen molar-refractivity contribution >= 4 is 15.7 Å². The van der Waals surface area contributed by atoms with Gasteiger partial charge in [0.25, 0.3) is 10.0 Å². The summed E-state index contributed by atoms with van der Waals surface area (Å²) in [4.78, 5) is 0. The Kier molecular flexibility index (Phi) is 3.35. The molecule has 0 saturated heterocycles. The Bertz CT molecular complexity index is 632. The normalized spacial score (nSPS) is 11.4. The fourth-order valence-corrected chi connectivity index (χ4v) is 2.70. The van der Waals surface area contributed by atoms with Gasteiger partial charge in [-0.1, -0.05) is 12.1 Å². The molecule has 0 fully saturated rings. The van der Waals surface area contributed by atoms with Crippen molar-refractivity contribution in [3.8, 4) is 0 Å². The number of aromatic nitrogens is 2. The molecule has 18 heavy (non-hydrogen) atoms. The van der Waals surface area contributed by atoms with Gasteiger partial charge in [-0.05, 0) is 23.8 Å². The molecule has 1 heterocycles. The quantitative estimate of drug-likeness (QED) is 0.854. The number of hydrogen-bond acceptors (Lipinski definition) is 4. The first-order valence-electron chi connectivity index (χ1n) is 5.23. The van der Waals surface area contributed by atoms with Gasteiger partial charge in [0.1, 0.15) is 0 Å². The largest absolute Gasteiger partial charge is 0.392 e. The molecule has 6 nitrogen and oxygen atoms in total. The summed E-state index contributed by atoms with van der Waals surface area (Å²) in [5.41, 5.74) is 1.16. The predicted octanol–water partition coefficient (Wildman–Crippen LogP) is 0.713. The highest BCUT2D eigenvalue weighted by Gasteiger charge is 2.17. The van der Waals surface area contributed by atoms with Crippen LogP contribution in [0.1, 0.15) is 5.56 Å². The summed E-state index contributed by atoms with van der Waals surface area (Å²) in [6.45, 7) is -0.0746. The molecule has 2 aromatic rings. The van der Waals surface area contributed by atoms with E-state index in [9.17, 15) is 8.42 Å². The maximum absolute atomic E-state index is 12.0. The SMILES string of the molecule is Cn1nccc1S(=O)(=O)Nc1ccc(CO)cc1. The molecule has 1 aromatic carbocycles. The molecule has 0 aliphatic rings. The van der Waals surface area contributed by atoms with Crippen molar-refractivity contribution in [2.75, 3.05) is 4.72 Å². The van der Waals surface area contributed by atoms with Crippen LogP contribution in [0.3, 0.4) is 0 Å². The topological polar surface area (TPSA) is 84.2 Å². The number of aliphatic hydroxyl groups is 1. The van der Waals surface area contributed by atoms with Gasteiger partial charge in [-0.15, -0.1) is 0 Å². The van der Waals surface area contributed by atoms with Crippen LogP contribution in [0.15, 0.2) is 41.6 Å². The molecule has 0 bridgehead atoms. The van der Waals surface area contributed by atoms with Gasteiger partial charge < -0.3 is 5.11 Å². The van der Waals surface area contributed by atoms with Crippen molar-refractivity contribution in [1.29, 1.82) is 0 Å². The second-order valence-corrected chi connectivity index (χ2v) is 5.38. The number of rotatable bonds is 4. The number of aryl methyl sites for hydroxylation is 1. The molecule has 96 valence electrons. The fourth-order valence-electron chi connectivity index (χ4n) is 1.51. The number of sulfonamides is 1. The van der Waals surface area contributed by atoms with E-state index in [2.05, 4.69) is 9.82 Å². The number of hydrogen-bond donors (Lipinski definition) is 2. The van der Waals surface area contributed by atoms with Gasteiger partial charge in [-0.25, -0.2) is 0 Å². The summed E-state index contributed by atoms with van der Waals surface area (Å²) < 4.78 is 27.8. The van der Waals surface area contributed by atoms with E-state index in [0.717, 1.165) is 5.56 Å². The summed E-state index contributed by atoms with van der Waals surface area (Å²) in [6.07, 6.45) is 1.42. The van der Waals surface area contributed by atoms with Crippen molar-refractivity contribution in [1.82, 2.24) is 9.78 Å². The maximum Gasteiger partial charge on any atom is 0.279 e. The van der Waals surface area contributed by atoms with Crippen molar-refractivity contribution in [3.63, 3.8) is 0 Å². The van der Waals surface area contributed by atoms with Gasteiger partial charge in [0, 0.05) is 12.7 Å². The van der Waals surface area contributed by atoms with Crippen molar-refractivity contribution in [2.24, 2.45) is 7.05 Å². The zero-order valence-corrected chi connectivity index (χ0v) is 10.6. The molecule has 2 N–H and O–H groups in total. The third kappa shape index (κ3) is 2.52. The second-order valence-electron chi connectivity index (χ2n) is 3.75. The zero-order valence-electron chi connectivity index (χ0n) is 9.74. The van der Waals surface area contributed by atoms with Crippen LogP contribution in [0.25, 0.3) is 0 Å². The first kappa shape index (κ1) is 12.6. The van der Waals surface area contributed by atoms with E-state index < -0.39 is 10.0 Å². The lowest BCUT2D eigenvalue weighted by Gasteiger charge is -2.08. The molecule has 7 heteroatoms. The third-order valence-corrected chi connectivity index (χ3v) is 3.90. The summed E-state index contributed by atoms with van der Waals surface area (Å²) in [5.74, 6) is 0. The van der Waals surface area contributed by atoms with E-state index in [1.807, 2.05) is 0 Å². The molecule has 0 aliphatic heterocycles. The number of aliphatic hydroxyl groups excluding tert-OH is 1. The first-order valence-corrected chi connectivity index (χ1v) is 6.72. The summed E-state index contributed by atoms with van der Waals surface area (Å²) in [5, 5.41) is 12.8. The molecule has 0 amide bonds. The molecule has 1 aromatic heterocycles. The van der Waals surface area contributed by atoms with E-state index in [1.54, 1.807) is 31.3 Å². The minimum atomic E-state index is -3.63. The highest BCUT2D eigenvalue weighted by atomic mass is 32.2. The first-order chi connectivity index (χ1) is 8.53. The Hall–Kier alpha value is -1.86. The summed E-state index contributed by atoms with van der Waals surface area (Å²) in [6, 6.07) is 7.92. The van der Waals surface area contributed by atoms with Crippen LogP contribution in [-0.2, 0) is 23.7 Å². The van der Waals surface area contributed by atoms with Crippen LogP contribution >= 0.6 is 0 Å². The predicted molar refractivity (Wildman–Crippen MR) is 66.4 cm³/mol. The third-order valence-electron chi connectivity index (χ3n) is 2.44. The lowest BCUT2D eigenvalue weighted by Crippen LogP contribution is -2.16. The van der Waals surface area contributed by atoms with E-state index in [4.69, 9.17) is 5.11 Å². The van der Waals surface area contributed by atoms with E-state index in [0.29, 0.717) is 5.69 Å². The average Bonchev–Trinajstić information content (AvgIpc) is 2.77. The molecule has 2 rings (SSSR count). The van der Waals surface area contributed by atoms with Gasteiger partial charge in [0.2, 0.25) is 0 Å². The maximum atomic E-state index is 12.0. The highest BCUT2D eigenvalue weighted by Crippen LogP contribution is 2.15. The van der Waals surface area contributed by atoms with Crippen LogP contribution in [-0.4, -0.2) is 23.3 Å². The molecule has 0 spiro atoms. The molecule has 0 aliphatic carbocycles. The molecule has 0 atom stereocenters. The number of nitrogens with zero attached hydrogens (tertiary/aromatic N) is 2. The van der Waals surface area contributed by atoms with Crippen molar-refractivity contribution < 1.29 is 13.5 Å². The second kappa shape index (κ2) is 4.79. The zero-order chi connectivity index (χ0) is 13.2. The van der Waals surface area contributed by atoms with Crippen LogP contribution in [0.4, 0.5) is 5.69 Å². The summed E-state index contributed by atoms with van der Waals surface area (Å²) >= 11 is 0. The average molecular weight is 267 g/mol. The Morgan fingerprint density at radius 1 is 1.28 bits per heavy atom. The Labute approximate surface area is 105 Å². The van der Waals surface area contributed by atoms with Gasteiger partial charge >= 0.3 is 0 Å². The Balaban J connectivity index is 2.25. The van der Waals surface area contributed by atoms with Gasteiger partial charge in [0.15, 0.2) is 5.03 Å². The monoisotopic (exact) mass is 267 g/mol. The standard InChI is InChI=1S/C11H13N3O3S/c1-14-11(6-7-12-14)18(16,17)13-10-4-2-9(8-15)3-5-10/h2-7,13,15H,8H2,1H3. The summed E-state index contributed by atoms with van der Waals surface area (Å²) in [7, 11) is -2.07. The Morgan fingerprint density at radius 2 is 1.94 bits per heavy atom. The smallest absolute Gasteiger partial charge is 0.279 e. The number of benzene rings is 1. The van der Waals surface area contributed by atoms with Crippen molar-refractivity contribution in [2.45, 2.75) is 11.6 Å².